The molecule has 0 atom stereocenters. The second-order valence-corrected chi connectivity index (χ2v) is 8.26. The lowest BCUT2D eigenvalue weighted by Crippen LogP contribution is -2.07. The highest BCUT2D eigenvalue weighted by atomic mass is 32.2. The molecule has 2 heterocycles. The first-order valence-electron chi connectivity index (χ1n) is 8.33. The molecule has 7 heteroatoms. The van der Waals surface area contributed by atoms with Gasteiger partial charge in [-0.3, -0.25) is 0 Å². The molecule has 6 nitrogen and oxygen atoms in total. The van der Waals surface area contributed by atoms with E-state index in [0.29, 0.717) is 17.1 Å². The van der Waals surface area contributed by atoms with Gasteiger partial charge in [0, 0.05) is 12.7 Å². The lowest BCUT2D eigenvalue weighted by Gasteiger charge is -2.07. The maximum Gasteiger partial charge on any atom is 0.178 e. The Bertz CT molecular complexity index is 965. The van der Waals surface area contributed by atoms with Gasteiger partial charge in [-0.15, -0.1) is 0 Å². The van der Waals surface area contributed by atoms with Crippen LogP contribution >= 0.6 is 0 Å². The third kappa shape index (κ3) is 3.82. The van der Waals surface area contributed by atoms with E-state index in [1.54, 1.807) is 36.8 Å². The highest BCUT2D eigenvalue weighted by Gasteiger charge is 2.13. The number of nitrogen functional groups attached to an aromatic ring is 1. The summed E-state index contributed by atoms with van der Waals surface area (Å²) in [5, 5.41) is 0. The average Bonchev–Trinajstić information content (AvgIpc) is 3.04. The van der Waals surface area contributed by atoms with Crippen LogP contribution in [0.25, 0.3) is 11.0 Å². The number of pyridine rings is 1. The van der Waals surface area contributed by atoms with E-state index in [0.717, 1.165) is 36.0 Å². The smallest absolute Gasteiger partial charge is 0.178 e. The summed E-state index contributed by atoms with van der Waals surface area (Å²) < 4.78 is 26.6. The first-order valence-corrected chi connectivity index (χ1v) is 9.98. The molecule has 0 aliphatic carbocycles. The standard InChI is InChI=1S/C18H22N4O2S/c1-14-12-20-18(19)16-17(14)22(13-21-16)10-6-3-7-11-25(23,24)15-8-4-2-5-9-15/h2,4-5,8-9,12-13H,3,6-7,10-11H2,1H3,(H2,19,20). The molecular weight excluding hydrogens is 336 g/mol. The topological polar surface area (TPSA) is 90.9 Å². The Kier molecular flexibility index (Phi) is 5.03. The molecule has 3 rings (SSSR count). The summed E-state index contributed by atoms with van der Waals surface area (Å²) in [7, 11) is -3.19. The van der Waals surface area contributed by atoms with E-state index in [1.807, 2.05) is 13.0 Å². The first-order chi connectivity index (χ1) is 12.0. The Balaban J connectivity index is 1.55. The van der Waals surface area contributed by atoms with Crippen molar-refractivity contribution in [2.75, 3.05) is 11.5 Å². The molecule has 0 aliphatic heterocycles. The summed E-state index contributed by atoms with van der Waals surface area (Å²) in [4.78, 5) is 8.85. The SMILES string of the molecule is Cc1cnc(N)c2ncn(CCCCCS(=O)(=O)c3ccccc3)c12. The van der Waals surface area contributed by atoms with Crippen molar-refractivity contribution >= 4 is 26.7 Å². The minimum absolute atomic E-state index is 0.178. The highest BCUT2D eigenvalue weighted by Crippen LogP contribution is 2.21. The van der Waals surface area contributed by atoms with Crippen LogP contribution in [0.15, 0.2) is 47.8 Å². The monoisotopic (exact) mass is 358 g/mol. The number of rotatable bonds is 7. The van der Waals surface area contributed by atoms with Gasteiger partial charge in [-0.25, -0.2) is 18.4 Å². The van der Waals surface area contributed by atoms with Gasteiger partial charge in [-0.05, 0) is 37.5 Å². The van der Waals surface area contributed by atoms with E-state index in [4.69, 9.17) is 5.73 Å². The van der Waals surface area contributed by atoms with Gasteiger partial charge in [0.15, 0.2) is 15.7 Å². The summed E-state index contributed by atoms with van der Waals surface area (Å²) in [5.41, 5.74) is 8.63. The quantitative estimate of drug-likeness (QED) is 0.656. The van der Waals surface area contributed by atoms with Crippen molar-refractivity contribution in [3.05, 3.63) is 48.4 Å². The highest BCUT2D eigenvalue weighted by molar-refractivity contribution is 7.91. The zero-order chi connectivity index (χ0) is 17.9. The van der Waals surface area contributed by atoms with Crippen molar-refractivity contribution in [1.82, 2.24) is 14.5 Å². The molecule has 3 aromatic rings. The minimum Gasteiger partial charge on any atom is -0.382 e. The molecule has 132 valence electrons. The van der Waals surface area contributed by atoms with Gasteiger partial charge in [0.2, 0.25) is 0 Å². The van der Waals surface area contributed by atoms with Gasteiger partial charge in [0.25, 0.3) is 0 Å². The second kappa shape index (κ2) is 7.23. The Hall–Kier alpha value is -2.41. The van der Waals surface area contributed by atoms with E-state index in [2.05, 4.69) is 14.5 Å². The molecule has 0 fully saturated rings. The van der Waals surface area contributed by atoms with Crippen LogP contribution in [0, 0.1) is 6.92 Å². The van der Waals surface area contributed by atoms with Gasteiger partial charge in [-0.2, -0.15) is 0 Å². The number of anilines is 1. The van der Waals surface area contributed by atoms with E-state index in [1.165, 1.54) is 0 Å². The molecule has 2 aromatic heterocycles. The van der Waals surface area contributed by atoms with Gasteiger partial charge < -0.3 is 10.3 Å². The van der Waals surface area contributed by atoms with E-state index >= 15 is 0 Å². The third-order valence-electron chi connectivity index (χ3n) is 4.27. The number of unbranched alkanes of at least 4 members (excludes halogenated alkanes) is 2. The van der Waals surface area contributed by atoms with Crippen molar-refractivity contribution in [1.29, 1.82) is 0 Å². The fourth-order valence-electron chi connectivity index (χ4n) is 2.94. The fourth-order valence-corrected chi connectivity index (χ4v) is 4.33. The summed E-state index contributed by atoms with van der Waals surface area (Å²) in [6.45, 7) is 2.77. The van der Waals surface area contributed by atoms with Crippen molar-refractivity contribution in [3.63, 3.8) is 0 Å². The predicted octanol–water partition coefficient (Wildman–Crippen LogP) is 2.97. The molecular formula is C18H22N4O2S. The van der Waals surface area contributed by atoms with Crippen LogP contribution in [-0.4, -0.2) is 28.7 Å². The molecule has 0 radical (unpaired) electrons. The number of nitrogens with two attached hydrogens (primary N) is 1. The molecule has 1 aromatic carbocycles. The number of nitrogens with zero attached hydrogens (tertiary/aromatic N) is 3. The van der Waals surface area contributed by atoms with E-state index < -0.39 is 9.84 Å². The minimum atomic E-state index is -3.19. The molecule has 2 N–H and O–H groups in total. The van der Waals surface area contributed by atoms with Gasteiger partial charge in [0.05, 0.1) is 22.5 Å². The lowest BCUT2D eigenvalue weighted by atomic mass is 10.2. The first kappa shape index (κ1) is 17.4. The van der Waals surface area contributed by atoms with E-state index in [-0.39, 0.29) is 5.75 Å². The van der Waals surface area contributed by atoms with Crippen molar-refractivity contribution in [2.24, 2.45) is 0 Å². The number of aromatic nitrogens is 3. The zero-order valence-corrected chi connectivity index (χ0v) is 15.0. The summed E-state index contributed by atoms with van der Waals surface area (Å²) >= 11 is 0. The fraction of sp³-hybridized carbons (Fsp3) is 0.333. The summed E-state index contributed by atoms with van der Waals surface area (Å²) in [6, 6.07) is 8.61. The molecule has 0 aliphatic rings. The van der Waals surface area contributed by atoms with Gasteiger partial charge in [-0.1, -0.05) is 24.6 Å². The van der Waals surface area contributed by atoms with Crippen LogP contribution < -0.4 is 5.73 Å². The Labute approximate surface area is 147 Å². The maximum absolute atomic E-state index is 12.2. The average molecular weight is 358 g/mol. The molecule has 0 saturated heterocycles. The Morgan fingerprint density at radius 2 is 1.84 bits per heavy atom. The van der Waals surface area contributed by atoms with Crippen LogP contribution in [0.2, 0.25) is 0 Å². The van der Waals surface area contributed by atoms with Crippen LogP contribution in [0.1, 0.15) is 24.8 Å². The molecule has 0 saturated carbocycles. The lowest BCUT2D eigenvalue weighted by molar-refractivity contribution is 0.580. The van der Waals surface area contributed by atoms with Gasteiger partial charge in [0.1, 0.15) is 5.52 Å². The molecule has 0 amide bonds. The Morgan fingerprint density at radius 3 is 2.60 bits per heavy atom. The third-order valence-corrected chi connectivity index (χ3v) is 6.08. The number of benzene rings is 1. The largest absolute Gasteiger partial charge is 0.382 e. The Morgan fingerprint density at radius 1 is 1.08 bits per heavy atom. The van der Waals surface area contributed by atoms with Crippen LogP contribution in [-0.2, 0) is 16.4 Å². The number of hydrogen-bond donors (Lipinski definition) is 1. The van der Waals surface area contributed by atoms with Crippen molar-refractivity contribution < 1.29 is 8.42 Å². The molecule has 0 bridgehead atoms. The maximum atomic E-state index is 12.2. The summed E-state index contributed by atoms with van der Waals surface area (Å²) in [6.07, 6.45) is 5.90. The van der Waals surface area contributed by atoms with Gasteiger partial charge >= 0.3 is 0 Å². The summed E-state index contributed by atoms with van der Waals surface area (Å²) in [5.74, 6) is 0.616. The molecule has 0 spiro atoms. The zero-order valence-electron chi connectivity index (χ0n) is 14.2. The van der Waals surface area contributed by atoms with Crippen molar-refractivity contribution in [3.8, 4) is 0 Å². The number of imidazole rings is 1. The van der Waals surface area contributed by atoms with Crippen LogP contribution in [0.4, 0.5) is 5.82 Å². The normalized spacial score (nSPS) is 11.9. The van der Waals surface area contributed by atoms with E-state index in [9.17, 15) is 8.42 Å². The van der Waals surface area contributed by atoms with Crippen LogP contribution in [0.5, 0.6) is 0 Å². The number of sulfone groups is 1. The van der Waals surface area contributed by atoms with Crippen molar-refractivity contribution in [2.45, 2.75) is 37.6 Å². The number of aryl methyl sites for hydroxylation is 2. The number of fused-ring (bicyclic) bond motifs is 1. The second-order valence-electron chi connectivity index (χ2n) is 6.15. The number of hydrogen-bond acceptors (Lipinski definition) is 5. The van der Waals surface area contributed by atoms with Crippen LogP contribution in [0.3, 0.4) is 0 Å². The predicted molar refractivity (Wildman–Crippen MR) is 99.0 cm³/mol. The molecule has 25 heavy (non-hydrogen) atoms. The molecule has 0 unspecified atom stereocenters.